The summed E-state index contributed by atoms with van der Waals surface area (Å²) in [5.41, 5.74) is 5.30. The average Bonchev–Trinajstić information content (AvgIpc) is 2.88. The summed E-state index contributed by atoms with van der Waals surface area (Å²) in [6.45, 7) is 10.6. The van der Waals surface area contributed by atoms with E-state index in [-0.39, 0.29) is 48.9 Å². The van der Waals surface area contributed by atoms with Gasteiger partial charge in [-0.15, -0.1) is 0 Å². The van der Waals surface area contributed by atoms with Crippen LogP contribution < -0.4 is 15.2 Å². The number of ether oxygens (including phenoxy) is 6. The maximum absolute atomic E-state index is 12.6. The molecule has 0 aromatic heterocycles. The number of rotatable bonds is 14. The molecule has 0 heterocycles. The molecule has 0 aliphatic carbocycles. The zero-order chi connectivity index (χ0) is 28.9. The van der Waals surface area contributed by atoms with Crippen molar-refractivity contribution in [1.82, 2.24) is 0 Å². The Balaban J connectivity index is 3.20. The Hall–Kier alpha value is -3.34. The van der Waals surface area contributed by atoms with Gasteiger partial charge in [0.15, 0.2) is 11.5 Å². The van der Waals surface area contributed by atoms with Crippen LogP contribution in [-0.2, 0) is 35.0 Å². The number of benzene rings is 1. The van der Waals surface area contributed by atoms with E-state index in [0.717, 1.165) is 0 Å². The van der Waals surface area contributed by atoms with E-state index in [9.17, 15) is 19.2 Å². The van der Waals surface area contributed by atoms with Gasteiger partial charge in [0, 0.05) is 12.8 Å². The summed E-state index contributed by atoms with van der Waals surface area (Å²) >= 11 is 0. The lowest BCUT2D eigenvalue weighted by Gasteiger charge is -2.27. The van der Waals surface area contributed by atoms with Crippen molar-refractivity contribution in [3.63, 3.8) is 0 Å². The maximum Gasteiger partial charge on any atom is 0.514 e. The predicted molar refractivity (Wildman–Crippen MR) is 138 cm³/mol. The van der Waals surface area contributed by atoms with Gasteiger partial charge >= 0.3 is 24.2 Å². The second kappa shape index (κ2) is 15.8. The summed E-state index contributed by atoms with van der Waals surface area (Å²) in [6.07, 6.45) is -1.08. The summed E-state index contributed by atoms with van der Waals surface area (Å²) in [5.74, 6) is -1.61. The van der Waals surface area contributed by atoms with Crippen molar-refractivity contribution in [2.75, 3.05) is 13.7 Å². The van der Waals surface area contributed by atoms with Crippen LogP contribution in [0.25, 0.3) is 0 Å². The largest absolute Gasteiger partial charge is 0.514 e. The maximum atomic E-state index is 12.6. The quantitative estimate of drug-likeness (QED) is 0.199. The van der Waals surface area contributed by atoms with E-state index in [2.05, 4.69) is 0 Å². The van der Waals surface area contributed by atoms with E-state index >= 15 is 0 Å². The number of esters is 2. The standard InChI is InChI=1S/C27H41NO10/c1-8-17(4)23(29)34-14-13-27(28,24(30)33-7)16-20-11-12-21(37-25(31)35-18(5)9-2)22(15-20)38-26(32)36-19(6)10-3/h11-12,15,17-19H,8-10,13-14,16,28H2,1-7H3/t17-,18?,19?,27?/m0/s1. The lowest BCUT2D eigenvalue weighted by Crippen LogP contribution is -2.51. The molecule has 0 spiro atoms. The fourth-order valence-electron chi connectivity index (χ4n) is 3.02. The van der Waals surface area contributed by atoms with Crippen LogP contribution in [0.3, 0.4) is 0 Å². The number of carbonyl (C=O) groups is 4. The minimum absolute atomic E-state index is 0.0203. The van der Waals surface area contributed by atoms with Gasteiger partial charge in [-0.3, -0.25) is 9.59 Å². The van der Waals surface area contributed by atoms with Gasteiger partial charge in [-0.2, -0.15) is 0 Å². The number of nitrogens with two attached hydrogens (primary N) is 1. The van der Waals surface area contributed by atoms with Crippen LogP contribution in [0.5, 0.6) is 11.5 Å². The van der Waals surface area contributed by atoms with Crippen LogP contribution in [0.15, 0.2) is 18.2 Å². The highest BCUT2D eigenvalue weighted by Gasteiger charge is 2.36. The third kappa shape index (κ3) is 10.6. The molecule has 0 saturated carbocycles. The zero-order valence-electron chi connectivity index (χ0n) is 23.4. The SMILES string of the molecule is CCC(C)OC(=O)Oc1ccc(CC(N)(CCOC(=O)[C@@H](C)CC)C(=O)OC)cc1OC(=O)OC(C)CC. The van der Waals surface area contributed by atoms with Gasteiger partial charge in [0.2, 0.25) is 0 Å². The Morgan fingerprint density at radius 2 is 1.42 bits per heavy atom. The molecule has 3 unspecified atom stereocenters. The topological polar surface area (TPSA) is 150 Å². The van der Waals surface area contributed by atoms with Gasteiger partial charge in [0.25, 0.3) is 0 Å². The van der Waals surface area contributed by atoms with E-state index in [1.165, 1.54) is 19.2 Å². The van der Waals surface area contributed by atoms with E-state index in [0.29, 0.717) is 24.8 Å². The van der Waals surface area contributed by atoms with Crippen LogP contribution in [0.4, 0.5) is 9.59 Å². The lowest BCUT2D eigenvalue weighted by atomic mass is 9.88. The van der Waals surface area contributed by atoms with Gasteiger partial charge in [-0.25, -0.2) is 9.59 Å². The highest BCUT2D eigenvalue weighted by molar-refractivity contribution is 5.81. The summed E-state index contributed by atoms with van der Waals surface area (Å²) < 4.78 is 31.0. The smallest absolute Gasteiger partial charge is 0.468 e. The van der Waals surface area contributed by atoms with Gasteiger partial charge in [0.1, 0.15) is 17.7 Å². The molecule has 0 fully saturated rings. The molecule has 11 nitrogen and oxygen atoms in total. The van der Waals surface area contributed by atoms with Crippen molar-refractivity contribution in [2.24, 2.45) is 11.7 Å². The Morgan fingerprint density at radius 3 is 1.92 bits per heavy atom. The normalized spacial score (nSPS) is 14.7. The molecule has 2 N–H and O–H groups in total. The van der Waals surface area contributed by atoms with Crippen LogP contribution >= 0.6 is 0 Å². The predicted octanol–water partition coefficient (Wildman–Crippen LogP) is 4.71. The molecule has 0 bridgehead atoms. The number of hydrogen-bond acceptors (Lipinski definition) is 11. The van der Waals surface area contributed by atoms with Gasteiger partial charge < -0.3 is 34.2 Å². The van der Waals surface area contributed by atoms with E-state index in [1.807, 2.05) is 20.8 Å². The average molecular weight is 540 g/mol. The molecule has 0 aliphatic rings. The molecule has 0 aliphatic heterocycles. The number of methoxy groups -OCH3 is 1. The molecular formula is C27H41NO10. The second-order valence-corrected chi connectivity index (χ2v) is 9.21. The molecule has 38 heavy (non-hydrogen) atoms. The molecule has 0 radical (unpaired) electrons. The minimum atomic E-state index is -1.56. The third-order valence-corrected chi connectivity index (χ3v) is 6.06. The zero-order valence-corrected chi connectivity index (χ0v) is 23.4. The van der Waals surface area contributed by atoms with Crippen LogP contribution in [0, 0.1) is 5.92 Å². The van der Waals surface area contributed by atoms with Crippen molar-refractivity contribution in [2.45, 2.75) is 91.4 Å². The summed E-state index contributed by atoms with van der Waals surface area (Å²) in [7, 11) is 1.20. The van der Waals surface area contributed by atoms with Crippen molar-refractivity contribution < 1.29 is 47.6 Å². The van der Waals surface area contributed by atoms with Crippen LogP contribution in [-0.4, -0.2) is 55.7 Å². The fourth-order valence-corrected chi connectivity index (χ4v) is 3.02. The number of carbonyl (C=O) groups excluding carboxylic acids is 4. The molecule has 0 amide bonds. The monoisotopic (exact) mass is 539 g/mol. The Kier molecular flexibility index (Phi) is 13.6. The van der Waals surface area contributed by atoms with Gasteiger partial charge in [-0.05, 0) is 50.8 Å². The lowest BCUT2D eigenvalue weighted by molar-refractivity contribution is -0.153. The Morgan fingerprint density at radius 1 is 0.868 bits per heavy atom. The first kappa shape index (κ1) is 32.7. The first-order valence-corrected chi connectivity index (χ1v) is 12.8. The van der Waals surface area contributed by atoms with E-state index in [1.54, 1.807) is 26.8 Å². The van der Waals surface area contributed by atoms with Crippen molar-refractivity contribution >= 4 is 24.2 Å². The highest BCUT2D eigenvalue weighted by Crippen LogP contribution is 2.31. The Bertz CT molecular complexity index is 950. The molecular weight excluding hydrogens is 498 g/mol. The molecule has 4 atom stereocenters. The van der Waals surface area contributed by atoms with Gasteiger partial charge in [-0.1, -0.05) is 33.8 Å². The molecule has 1 rings (SSSR count). The van der Waals surface area contributed by atoms with Crippen LogP contribution in [0.1, 0.15) is 72.8 Å². The minimum Gasteiger partial charge on any atom is -0.468 e. The fraction of sp³-hybridized carbons (Fsp3) is 0.630. The first-order valence-electron chi connectivity index (χ1n) is 12.8. The summed E-state index contributed by atoms with van der Waals surface area (Å²) in [4.78, 5) is 49.1. The first-order chi connectivity index (χ1) is 17.9. The van der Waals surface area contributed by atoms with Crippen molar-refractivity contribution in [1.29, 1.82) is 0 Å². The van der Waals surface area contributed by atoms with Crippen molar-refractivity contribution in [3.8, 4) is 11.5 Å². The van der Waals surface area contributed by atoms with Crippen LogP contribution in [0.2, 0.25) is 0 Å². The Labute approximate surface area is 224 Å². The van der Waals surface area contributed by atoms with Crippen molar-refractivity contribution in [3.05, 3.63) is 23.8 Å². The molecule has 1 aromatic carbocycles. The summed E-state index contributed by atoms with van der Waals surface area (Å²) in [5, 5.41) is 0. The molecule has 0 saturated heterocycles. The second-order valence-electron chi connectivity index (χ2n) is 9.21. The van der Waals surface area contributed by atoms with Gasteiger partial charge in [0.05, 0.1) is 19.6 Å². The third-order valence-electron chi connectivity index (χ3n) is 6.06. The van der Waals surface area contributed by atoms with E-state index in [4.69, 9.17) is 34.2 Å². The summed E-state index contributed by atoms with van der Waals surface area (Å²) in [6, 6.07) is 4.34. The van der Waals surface area contributed by atoms with E-state index < -0.39 is 29.9 Å². The highest BCUT2D eigenvalue weighted by atomic mass is 16.7. The number of hydrogen-bond donors (Lipinski definition) is 1. The molecule has 11 heteroatoms. The molecule has 1 aromatic rings. The molecule has 214 valence electrons.